The molecule has 1 atom stereocenters. The van der Waals surface area contributed by atoms with E-state index in [4.69, 9.17) is 18.6 Å². The first-order valence-electron chi connectivity index (χ1n) is 12.6. The Kier molecular flexibility index (Phi) is 7.62. The van der Waals surface area contributed by atoms with Crippen LogP contribution in [0.3, 0.4) is 0 Å². The van der Waals surface area contributed by atoms with E-state index in [9.17, 15) is 19.5 Å². The number of nitrogens with zero attached hydrogens (tertiary/aromatic N) is 2. The van der Waals surface area contributed by atoms with Crippen LogP contribution in [0.2, 0.25) is 0 Å². The first-order chi connectivity index (χ1) is 19.7. The van der Waals surface area contributed by atoms with Gasteiger partial charge in [-0.3, -0.25) is 9.36 Å². The minimum atomic E-state index is -1.04. The van der Waals surface area contributed by atoms with E-state index < -0.39 is 18.0 Å². The first kappa shape index (κ1) is 27.7. The summed E-state index contributed by atoms with van der Waals surface area (Å²) in [4.78, 5) is 43.4. The molecule has 1 aliphatic rings. The lowest BCUT2D eigenvalue weighted by Crippen LogP contribution is -2.40. The molecule has 0 unspecified atom stereocenters. The number of aromatic nitrogens is 1. The van der Waals surface area contributed by atoms with Crippen molar-refractivity contribution in [1.29, 1.82) is 0 Å². The Labute approximate surface area is 238 Å². The molecule has 10 nitrogen and oxygen atoms in total. The summed E-state index contributed by atoms with van der Waals surface area (Å²) >= 11 is 1.16. The van der Waals surface area contributed by atoms with Gasteiger partial charge in [0.25, 0.3) is 5.56 Å². The minimum Gasteiger partial charge on any atom is -0.497 e. The molecule has 210 valence electrons. The van der Waals surface area contributed by atoms with E-state index in [0.29, 0.717) is 49.2 Å². The molecular formula is C30H26N2O8S. The Hall–Kier alpha value is -4.90. The number of methoxy groups -OCH3 is 2. The summed E-state index contributed by atoms with van der Waals surface area (Å²) in [6, 6.07) is 14.1. The predicted molar refractivity (Wildman–Crippen MR) is 151 cm³/mol. The van der Waals surface area contributed by atoms with Gasteiger partial charge in [0.1, 0.15) is 29.1 Å². The predicted octanol–water partition coefficient (Wildman–Crippen LogP) is 3.77. The average Bonchev–Trinajstić information content (AvgIpc) is 3.56. The number of allylic oxidation sites excluding steroid dienone is 1. The Balaban J connectivity index is 1.65. The van der Waals surface area contributed by atoms with Crippen LogP contribution in [0.4, 0.5) is 0 Å². The fourth-order valence-corrected chi connectivity index (χ4v) is 5.68. The number of benzene rings is 2. The second-order valence-electron chi connectivity index (χ2n) is 9.00. The molecule has 4 aromatic rings. The van der Waals surface area contributed by atoms with Crippen LogP contribution in [-0.2, 0) is 9.53 Å². The van der Waals surface area contributed by atoms with Gasteiger partial charge >= 0.3 is 11.9 Å². The van der Waals surface area contributed by atoms with Gasteiger partial charge in [0.2, 0.25) is 0 Å². The molecule has 1 aliphatic heterocycles. The van der Waals surface area contributed by atoms with E-state index in [1.807, 2.05) is 0 Å². The molecule has 0 spiro atoms. The van der Waals surface area contributed by atoms with E-state index >= 15 is 0 Å². The van der Waals surface area contributed by atoms with Gasteiger partial charge < -0.3 is 23.7 Å². The van der Waals surface area contributed by atoms with Crippen molar-refractivity contribution in [3.05, 3.63) is 102 Å². The number of thiazole rings is 1. The van der Waals surface area contributed by atoms with E-state index in [2.05, 4.69) is 4.99 Å². The van der Waals surface area contributed by atoms with Crippen LogP contribution < -0.4 is 24.4 Å². The van der Waals surface area contributed by atoms with Gasteiger partial charge in [0, 0.05) is 23.3 Å². The lowest BCUT2D eigenvalue weighted by Gasteiger charge is -2.26. The van der Waals surface area contributed by atoms with Crippen LogP contribution in [0, 0.1) is 0 Å². The Morgan fingerprint density at radius 1 is 1.12 bits per heavy atom. The maximum absolute atomic E-state index is 13.9. The number of carbonyl (C=O) groups excluding carboxylic acids is 1. The zero-order chi connectivity index (χ0) is 29.3. The quantitative estimate of drug-likeness (QED) is 0.315. The SMILES string of the molecule is CCOC(=O)C1=C(C)N=c2s/c(=C\c3ccc(-c4cccc(C(=O)O)c4)o3)c(=O)n2[C@@H]1c1ccc(OC)cc1OC. The smallest absolute Gasteiger partial charge is 0.338 e. The fraction of sp³-hybridized carbons (Fsp3) is 0.200. The number of carboxylic acid groups (broad SMARTS) is 1. The molecule has 0 saturated carbocycles. The minimum absolute atomic E-state index is 0.135. The number of carbonyl (C=O) groups is 2. The molecule has 0 radical (unpaired) electrons. The molecule has 0 fully saturated rings. The van der Waals surface area contributed by atoms with Gasteiger partial charge in [-0.1, -0.05) is 23.5 Å². The third-order valence-electron chi connectivity index (χ3n) is 6.55. The zero-order valence-corrected chi connectivity index (χ0v) is 23.5. The van der Waals surface area contributed by atoms with E-state index in [0.717, 1.165) is 11.3 Å². The highest BCUT2D eigenvalue weighted by molar-refractivity contribution is 7.07. The summed E-state index contributed by atoms with van der Waals surface area (Å²) in [5, 5.41) is 9.30. The van der Waals surface area contributed by atoms with Crippen LogP contribution in [0.25, 0.3) is 17.4 Å². The zero-order valence-electron chi connectivity index (χ0n) is 22.7. The van der Waals surface area contributed by atoms with Crippen molar-refractivity contribution >= 4 is 29.4 Å². The van der Waals surface area contributed by atoms with Gasteiger partial charge in [-0.25, -0.2) is 14.6 Å². The summed E-state index contributed by atoms with van der Waals surface area (Å²) < 4.78 is 24.1. The third-order valence-corrected chi connectivity index (χ3v) is 7.53. The highest BCUT2D eigenvalue weighted by atomic mass is 32.1. The molecule has 0 saturated heterocycles. The summed E-state index contributed by atoms with van der Waals surface area (Å²) in [6.45, 7) is 3.57. The monoisotopic (exact) mass is 574 g/mol. The van der Waals surface area contributed by atoms with Gasteiger partial charge in [-0.2, -0.15) is 0 Å². The second-order valence-corrected chi connectivity index (χ2v) is 10.0. The number of furan rings is 1. The molecule has 2 aromatic carbocycles. The van der Waals surface area contributed by atoms with Crippen molar-refractivity contribution in [2.24, 2.45) is 4.99 Å². The van der Waals surface area contributed by atoms with E-state index in [1.165, 1.54) is 30.9 Å². The lowest BCUT2D eigenvalue weighted by molar-refractivity contribution is -0.139. The van der Waals surface area contributed by atoms with Crippen molar-refractivity contribution < 1.29 is 33.3 Å². The largest absolute Gasteiger partial charge is 0.497 e. The van der Waals surface area contributed by atoms with Crippen LogP contribution in [0.1, 0.15) is 41.6 Å². The van der Waals surface area contributed by atoms with Crippen LogP contribution >= 0.6 is 11.3 Å². The number of aromatic carboxylic acids is 1. The van der Waals surface area contributed by atoms with Gasteiger partial charge in [0.15, 0.2) is 4.80 Å². The van der Waals surface area contributed by atoms with Crippen LogP contribution in [-0.4, -0.2) is 42.4 Å². The molecule has 0 bridgehead atoms. The normalized spacial score (nSPS) is 14.8. The summed E-state index contributed by atoms with van der Waals surface area (Å²) in [6.07, 6.45) is 1.60. The number of hydrogen-bond donors (Lipinski definition) is 1. The highest BCUT2D eigenvalue weighted by Crippen LogP contribution is 2.37. The molecule has 3 heterocycles. The average molecular weight is 575 g/mol. The standard InChI is InChI=1S/C30H26N2O8S/c1-5-39-29(36)25-16(2)31-30-32(26(25)21-11-9-19(37-3)14-23(21)38-4)27(33)24(41-30)15-20-10-12-22(40-20)17-7-6-8-18(13-17)28(34)35/h6-15,26H,5H2,1-4H3,(H,34,35)/b24-15-/t26-/m1/s1. The van der Waals surface area contributed by atoms with Gasteiger partial charge in [-0.05, 0) is 50.2 Å². The summed E-state index contributed by atoms with van der Waals surface area (Å²) in [5.74, 6) is 0.211. The maximum atomic E-state index is 13.9. The second kappa shape index (κ2) is 11.3. The number of fused-ring (bicyclic) bond motifs is 1. The van der Waals surface area contributed by atoms with Crippen molar-refractivity contribution in [3.8, 4) is 22.8 Å². The fourth-order valence-electron chi connectivity index (χ4n) is 4.65. The summed E-state index contributed by atoms with van der Waals surface area (Å²) in [7, 11) is 3.04. The number of rotatable bonds is 8. The highest BCUT2D eigenvalue weighted by Gasteiger charge is 2.35. The molecule has 41 heavy (non-hydrogen) atoms. The van der Waals surface area contributed by atoms with E-state index in [-0.39, 0.29) is 23.3 Å². The first-order valence-corrected chi connectivity index (χ1v) is 13.4. The van der Waals surface area contributed by atoms with Crippen molar-refractivity contribution in [3.63, 3.8) is 0 Å². The number of esters is 1. The van der Waals surface area contributed by atoms with Crippen LogP contribution in [0.5, 0.6) is 11.5 Å². The van der Waals surface area contributed by atoms with Gasteiger partial charge in [0.05, 0.1) is 42.2 Å². The molecule has 0 amide bonds. The number of hydrogen-bond acceptors (Lipinski definition) is 9. The lowest BCUT2D eigenvalue weighted by atomic mass is 9.95. The third kappa shape index (κ3) is 5.19. The number of ether oxygens (including phenoxy) is 3. The molecular weight excluding hydrogens is 548 g/mol. The Morgan fingerprint density at radius 2 is 1.93 bits per heavy atom. The van der Waals surface area contributed by atoms with Crippen LogP contribution in [0.15, 0.2) is 80.1 Å². The molecule has 1 N–H and O–H groups in total. The molecule has 2 aromatic heterocycles. The van der Waals surface area contributed by atoms with Gasteiger partial charge in [-0.15, -0.1) is 0 Å². The number of carboxylic acids is 1. The topological polar surface area (TPSA) is 130 Å². The maximum Gasteiger partial charge on any atom is 0.338 e. The van der Waals surface area contributed by atoms with Crippen molar-refractivity contribution in [1.82, 2.24) is 4.57 Å². The molecule has 5 rings (SSSR count). The van der Waals surface area contributed by atoms with Crippen molar-refractivity contribution in [2.45, 2.75) is 19.9 Å². The molecule has 11 heteroatoms. The summed E-state index contributed by atoms with van der Waals surface area (Å²) in [5.41, 5.74) is 1.57. The van der Waals surface area contributed by atoms with Crippen molar-refractivity contribution in [2.75, 3.05) is 20.8 Å². The Morgan fingerprint density at radius 3 is 2.63 bits per heavy atom. The molecule has 0 aliphatic carbocycles. The Bertz CT molecular complexity index is 1880. The van der Waals surface area contributed by atoms with E-state index in [1.54, 1.807) is 62.4 Å².